The summed E-state index contributed by atoms with van der Waals surface area (Å²) < 4.78 is 18.5. The Morgan fingerprint density at radius 2 is 1.80 bits per heavy atom. The minimum Gasteiger partial charge on any atom is -0.462 e. The fourth-order valence-corrected chi connectivity index (χ4v) is 12.3. The van der Waals surface area contributed by atoms with Crippen molar-refractivity contribution in [1.29, 1.82) is 0 Å². The van der Waals surface area contributed by atoms with Crippen LogP contribution in [0.5, 0.6) is 0 Å². The van der Waals surface area contributed by atoms with Crippen molar-refractivity contribution in [2.75, 3.05) is 13.1 Å². The smallest absolute Gasteiger partial charge is 0.311 e. The molecule has 2 heterocycles. The van der Waals surface area contributed by atoms with Crippen LogP contribution in [0.15, 0.2) is 0 Å². The molecule has 3 N–H and O–H groups in total. The van der Waals surface area contributed by atoms with E-state index in [4.69, 9.17) is 14.2 Å². The Labute approximate surface area is 263 Å². The van der Waals surface area contributed by atoms with E-state index in [1.807, 2.05) is 0 Å². The van der Waals surface area contributed by atoms with Crippen molar-refractivity contribution >= 4 is 11.9 Å². The lowest BCUT2D eigenvalue weighted by Crippen LogP contribution is -2.59. The highest BCUT2D eigenvalue weighted by Gasteiger charge is 2.85. The first-order chi connectivity index (χ1) is 20.4. The molecule has 2 saturated heterocycles. The van der Waals surface area contributed by atoms with Crippen LogP contribution in [0.1, 0.15) is 107 Å². The number of rotatable bonds is 5. The number of hydrogen-bond acceptors (Lipinski definition) is 8. The minimum atomic E-state index is -1.31. The van der Waals surface area contributed by atoms with Gasteiger partial charge in [-0.05, 0) is 99.2 Å². The molecule has 7 rings (SSSR count). The average molecular weight is 613 g/mol. The van der Waals surface area contributed by atoms with E-state index in [1.165, 1.54) is 13.3 Å². The van der Waals surface area contributed by atoms with Gasteiger partial charge in [0.15, 0.2) is 6.10 Å². The van der Waals surface area contributed by atoms with Crippen LogP contribution < -0.4 is 5.32 Å². The Morgan fingerprint density at radius 1 is 1.09 bits per heavy atom. The van der Waals surface area contributed by atoms with Crippen LogP contribution in [-0.2, 0) is 23.8 Å². The van der Waals surface area contributed by atoms with Gasteiger partial charge in [0.25, 0.3) is 0 Å². The second-order valence-corrected chi connectivity index (χ2v) is 17.4. The number of carbonyl (C=O) groups excluding carboxylic acids is 2. The van der Waals surface area contributed by atoms with Crippen LogP contribution in [0, 0.1) is 68.9 Å². The molecule has 0 unspecified atom stereocenters. The van der Waals surface area contributed by atoms with Crippen molar-refractivity contribution in [3.05, 3.63) is 18.1 Å². The summed E-state index contributed by atoms with van der Waals surface area (Å²) in [5, 5.41) is 26.5. The van der Waals surface area contributed by atoms with Gasteiger partial charge in [0, 0.05) is 36.8 Å². The topological polar surface area (TPSA) is 114 Å². The van der Waals surface area contributed by atoms with E-state index in [0.717, 1.165) is 51.6 Å². The van der Waals surface area contributed by atoms with E-state index in [2.05, 4.69) is 39.9 Å². The van der Waals surface area contributed by atoms with Gasteiger partial charge in [-0.2, -0.15) is 0 Å². The molecule has 7 fully saturated rings. The molecule has 0 aromatic heterocycles. The third kappa shape index (κ3) is 3.89. The predicted octanol–water partition coefficient (Wildman–Crippen LogP) is 4.92. The number of aliphatic hydroxyl groups is 2. The molecule has 5 aliphatic carbocycles. The molecule has 10 atom stereocenters. The summed E-state index contributed by atoms with van der Waals surface area (Å²) >= 11 is 0. The zero-order valence-corrected chi connectivity index (χ0v) is 28.0. The molecule has 44 heavy (non-hydrogen) atoms. The Bertz CT molecular complexity index is 1210. The Morgan fingerprint density at radius 3 is 2.41 bits per heavy atom. The van der Waals surface area contributed by atoms with Crippen LogP contribution in [-0.4, -0.2) is 59.2 Å². The van der Waals surface area contributed by atoms with Crippen molar-refractivity contribution in [2.24, 2.45) is 50.7 Å². The maximum Gasteiger partial charge on any atom is 0.311 e. The molecular weight excluding hydrogens is 558 g/mol. The third-order valence-electron chi connectivity index (χ3n) is 14.6. The zero-order valence-electron chi connectivity index (χ0n) is 28.0. The monoisotopic (exact) mass is 612 g/mol. The van der Waals surface area contributed by atoms with E-state index in [0.29, 0.717) is 24.5 Å². The average Bonchev–Trinajstić information content (AvgIpc) is 3.52. The van der Waals surface area contributed by atoms with Gasteiger partial charge in [0.2, 0.25) is 0 Å². The SMILES string of the molecule is CC(=O)O[C@@H]([C]1C[C@@H](C)[C@H]2[C](O1)[C@H](O)[C@@]1(C)[C]3CC[C@H]4C(C)(C)[C@@H](OC(=O)C5CNC5)CC[C@@]45C[C@@]35CC[C@]21C)C(C)(C)O. The van der Waals surface area contributed by atoms with Crippen molar-refractivity contribution in [2.45, 2.75) is 131 Å². The summed E-state index contributed by atoms with van der Waals surface area (Å²) in [5.74, 6) is 1.78. The second kappa shape index (κ2) is 9.67. The summed E-state index contributed by atoms with van der Waals surface area (Å²) in [7, 11) is 0. The summed E-state index contributed by atoms with van der Waals surface area (Å²) in [6, 6.07) is 0. The Hall–Kier alpha value is -1.22. The normalized spacial score (nSPS) is 47.6. The zero-order chi connectivity index (χ0) is 31.8. The van der Waals surface area contributed by atoms with Gasteiger partial charge in [-0.3, -0.25) is 9.59 Å². The molecule has 5 saturated carbocycles. The molecule has 0 bridgehead atoms. The van der Waals surface area contributed by atoms with E-state index >= 15 is 0 Å². The standard InChI is InChI=1S/C36H54NO7/c1-19-15-22(29(32(5,6)41)42-20(2)38)43-27-26(19)33(7)13-14-36-18-35(36)12-11-25(44-30(40)21-16-37-17-21)31(3,4)23(35)9-10-24(36)34(33,8)28(27)39/h19,21,23,25-26,28-29,37,39,41H,9-18H2,1-8H3/t19-,23+,25+,26+,28+,29+,33-,34-,35-,36+/m1/s1. The molecule has 8 nitrogen and oxygen atoms in total. The Kier molecular flexibility index (Phi) is 6.89. The molecule has 0 amide bonds. The summed E-state index contributed by atoms with van der Waals surface area (Å²) in [6.07, 6.45) is 7.47. The third-order valence-corrected chi connectivity index (χ3v) is 14.6. The molecule has 2 aliphatic heterocycles. The van der Waals surface area contributed by atoms with Crippen molar-refractivity contribution in [1.82, 2.24) is 5.32 Å². The second-order valence-electron chi connectivity index (χ2n) is 17.4. The fourth-order valence-electron chi connectivity index (χ4n) is 12.3. The van der Waals surface area contributed by atoms with E-state index in [-0.39, 0.29) is 51.5 Å². The molecular formula is C36H54NO7. The number of esters is 2. The van der Waals surface area contributed by atoms with E-state index in [1.54, 1.807) is 19.8 Å². The van der Waals surface area contributed by atoms with Gasteiger partial charge in [0.1, 0.15) is 18.3 Å². The highest BCUT2D eigenvalue weighted by atomic mass is 16.6. The number of fused-ring (bicyclic) bond motifs is 4. The number of hydrogen-bond donors (Lipinski definition) is 3. The summed E-state index contributed by atoms with van der Waals surface area (Å²) in [4.78, 5) is 24.9. The first-order valence-electron chi connectivity index (χ1n) is 17.2. The molecule has 2 spiro atoms. The first kappa shape index (κ1) is 31.4. The number of ether oxygens (including phenoxy) is 3. The maximum atomic E-state index is 12.9. The first-order valence-corrected chi connectivity index (χ1v) is 17.2. The quantitative estimate of drug-likeness (QED) is 0.375. The van der Waals surface area contributed by atoms with Crippen molar-refractivity contribution < 1.29 is 34.0 Å². The van der Waals surface area contributed by atoms with Crippen molar-refractivity contribution in [3.63, 3.8) is 0 Å². The number of nitrogens with one attached hydrogen (secondary N) is 1. The molecule has 8 heteroatoms. The molecule has 3 radical (unpaired) electrons. The fraction of sp³-hybridized carbons (Fsp3) is 0.861. The molecule has 245 valence electrons. The van der Waals surface area contributed by atoms with Crippen molar-refractivity contribution in [3.8, 4) is 0 Å². The maximum absolute atomic E-state index is 12.9. The van der Waals surface area contributed by atoms with Gasteiger partial charge in [-0.1, -0.05) is 34.6 Å². The number of aliphatic hydroxyl groups excluding tert-OH is 1. The summed E-state index contributed by atoms with van der Waals surface area (Å²) in [5.41, 5.74) is -1.67. The van der Waals surface area contributed by atoms with Gasteiger partial charge >= 0.3 is 11.9 Å². The Balaban J connectivity index is 1.16. The largest absolute Gasteiger partial charge is 0.462 e. The van der Waals surface area contributed by atoms with Crippen LogP contribution in [0.4, 0.5) is 0 Å². The van der Waals surface area contributed by atoms with Crippen LogP contribution >= 0.6 is 0 Å². The lowest BCUT2D eigenvalue weighted by atomic mass is 9.41. The lowest BCUT2D eigenvalue weighted by Gasteiger charge is -2.63. The predicted molar refractivity (Wildman–Crippen MR) is 163 cm³/mol. The molecule has 0 aromatic carbocycles. The van der Waals surface area contributed by atoms with E-state index < -0.39 is 29.2 Å². The lowest BCUT2D eigenvalue weighted by molar-refractivity contribution is -0.178. The molecule has 0 aromatic rings. The number of carbonyl (C=O) groups is 2. The molecule has 7 aliphatic rings. The van der Waals surface area contributed by atoms with Gasteiger partial charge in [-0.15, -0.1) is 0 Å². The van der Waals surface area contributed by atoms with Gasteiger partial charge in [-0.25, -0.2) is 0 Å². The van der Waals surface area contributed by atoms with E-state index in [9.17, 15) is 19.8 Å². The summed E-state index contributed by atoms with van der Waals surface area (Å²) in [6.45, 7) is 17.7. The highest BCUT2D eigenvalue weighted by molar-refractivity contribution is 5.74. The van der Waals surface area contributed by atoms with Gasteiger partial charge in [0.05, 0.1) is 17.6 Å². The van der Waals surface area contributed by atoms with Crippen LogP contribution in [0.25, 0.3) is 0 Å². The minimum absolute atomic E-state index is 0.00349. The highest BCUT2D eigenvalue weighted by Crippen LogP contribution is 2.90. The van der Waals surface area contributed by atoms with Gasteiger partial charge < -0.3 is 29.7 Å². The van der Waals surface area contributed by atoms with Crippen LogP contribution in [0.2, 0.25) is 0 Å². The van der Waals surface area contributed by atoms with Crippen LogP contribution in [0.3, 0.4) is 0 Å².